The Bertz CT molecular complexity index is 808. The molecule has 1 heterocycles. The SMILES string of the molecule is CCN(CCO)C(=O)C[C@H]1C(=O)NCCN1Cc1ccc(-c2ccccc2)cc1. The molecule has 0 aliphatic carbocycles. The zero-order valence-electron chi connectivity index (χ0n) is 16.9. The fraction of sp³-hybridized carbons (Fsp3) is 0.391. The minimum absolute atomic E-state index is 0.0755. The van der Waals surface area contributed by atoms with Crippen LogP contribution < -0.4 is 5.32 Å². The summed E-state index contributed by atoms with van der Waals surface area (Å²) in [4.78, 5) is 28.7. The highest BCUT2D eigenvalue weighted by Crippen LogP contribution is 2.21. The Kier molecular flexibility index (Phi) is 7.38. The Morgan fingerprint density at radius 1 is 1.14 bits per heavy atom. The van der Waals surface area contributed by atoms with E-state index in [2.05, 4.69) is 46.6 Å². The molecular formula is C23H29N3O3. The number of aliphatic hydroxyl groups is 1. The van der Waals surface area contributed by atoms with Gasteiger partial charge in [-0.15, -0.1) is 0 Å². The van der Waals surface area contributed by atoms with Crippen LogP contribution in [0.5, 0.6) is 0 Å². The van der Waals surface area contributed by atoms with E-state index >= 15 is 0 Å². The number of nitrogens with zero attached hydrogens (tertiary/aromatic N) is 2. The van der Waals surface area contributed by atoms with Crippen molar-refractivity contribution in [2.24, 2.45) is 0 Å². The zero-order chi connectivity index (χ0) is 20.6. The highest BCUT2D eigenvalue weighted by molar-refractivity contribution is 5.88. The summed E-state index contributed by atoms with van der Waals surface area (Å²) in [5.41, 5.74) is 3.43. The lowest BCUT2D eigenvalue weighted by Crippen LogP contribution is -2.56. The van der Waals surface area contributed by atoms with Gasteiger partial charge >= 0.3 is 0 Å². The van der Waals surface area contributed by atoms with Gasteiger partial charge < -0.3 is 15.3 Å². The summed E-state index contributed by atoms with van der Waals surface area (Å²) in [6.07, 6.45) is 0.127. The van der Waals surface area contributed by atoms with Crippen molar-refractivity contribution in [3.63, 3.8) is 0 Å². The number of amides is 2. The van der Waals surface area contributed by atoms with Gasteiger partial charge in [-0.05, 0) is 23.6 Å². The molecule has 0 unspecified atom stereocenters. The topological polar surface area (TPSA) is 72.9 Å². The third-order valence-corrected chi connectivity index (χ3v) is 5.36. The number of aliphatic hydroxyl groups excluding tert-OH is 1. The van der Waals surface area contributed by atoms with E-state index in [0.29, 0.717) is 32.7 Å². The largest absolute Gasteiger partial charge is 0.395 e. The van der Waals surface area contributed by atoms with Crippen LogP contribution in [0.15, 0.2) is 54.6 Å². The summed E-state index contributed by atoms with van der Waals surface area (Å²) in [6, 6.07) is 18.1. The first-order valence-corrected chi connectivity index (χ1v) is 10.2. The van der Waals surface area contributed by atoms with Gasteiger partial charge in [0.05, 0.1) is 19.1 Å². The minimum atomic E-state index is -0.488. The molecule has 2 N–H and O–H groups in total. The van der Waals surface area contributed by atoms with Crippen molar-refractivity contribution in [2.45, 2.75) is 25.9 Å². The summed E-state index contributed by atoms with van der Waals surface area (Å²) in [6.45, 7) is 4.52. The van der Waals surface area contributed by atoms with Gasteiger partial charge in [-0.3, -0.25) is 14.5 Å². The van der Waals surface area contributed by atoms with Gasteiger partial charge in [-0.1, -0.05) is 54.6 Å². The van der Waals surface area contributed by atoms with Gasteiger partial charge in [0, 0.05) is 32.7 Å². The predicted octanol–water partition coefficient (Wildman–Crippen LogP) is 1.88. The average molecular weight is 396 g/mol. The summed E-state index contributed by atoms with van der Waals surface area (Å²) >= 11 is 0. The number of rotatable bonds is 8. The standard InChI is InChI=1S/C23H29N3O3/c1-2-25(14-15-27)22(28)16-21-23(29)24-12-13-26(21)17-18-8-10-20(11-9-18)19-6-4-3-5-7-19/h3-11,21,27H,2,12-17H2,1H3,(H,24,29)/t21-/m0/s1. The number of piperazine rings is 1. The fourth-order valence-electron chi connectivity index (χ4n) is 3.72. The van der Waals surface area contributed by atoms with Crippen LogP contribution in [0.1, 0.15) is 18.9 Å². The summed E-state index contributed by atoms with van der Waals surface area (Å²) in [7, 11) is 0. The number of carbonyl (C=O) groups is 2. The molecule has 29 heavy (non-hydrogen) atoms. The smallest absolute Gasteiger partial charge is 0.237 e. The maximum absolute atomic E-state index is 12.6. The number of likely N-dealkylation sites (N-methyl/N-ethyl adjacent to an activating group) is 1. The lowest BCUT2D eigenvalue weighted by atomic mass is 10.0. The Morgan fingerprint density at radius 3 is 2.48 bits per heavy atom. The second-order valence-corrected chi connectivity index (χ2v) is 7.24. The molecule has 2 amide bonds. The van der Waals surface area contributed by atoms with E-state index < -0.39 is 6.04 Å². The van der Waals surface area contributed by atoms with E-state index in [1.54, 1.807) is 4.90 Å². The van der Waals surface area contributed by atoms with Gasteiger partial charge in [0.25, 0.3) is 0 Å². The van der Waals surface area contributed by atoms with Crippen molar-refractivity contribution >= 4 is 11.8 Å². The minimum Gasteiger partial charge on any atom is -0.395 e. The number of hydrogen-bond acceptors (Lipinski definition) is 4. The Labute approximate surface area is 172 Å². The molecule has 154 valence electrons. The lowest BCUT2D eigenvalue weighted by Gasteiger charge is -2.35. The van der Waals surface area contributed by atoms with Crippen LogP contribution in [0.2, 0.25) is 0 Å². The van der Waals surface area contributed by atoms with E-state index in [1.807, 2.05) is 25.1 Å². The molecule has 1 atom stereocenters. The molecule has 2 aromatic rings. The molecule has 0 bridgehead atoms. The Balaban J connectivity index is 1.69. The molecule has 6 heteroatoms. The second kappa shape index (κ2) is 10.2. The molecule has 3 rings (SSSR count). The second-order valence-electron chi connectivity index (χ2n) is 7.24. The van der Waals surface area contributed by atoms with Gasteiger partial charge in [0.1, 0.15) is 0 Å². The van der Waals surface area contributed by atoms with Crippen molar-refractivity contribution < 1.29 is 14.7 Å². The summed E-state index contributed by atoms with van der Waals surface area (Å²) in [5.74, 6) is -0.210. The first-order valence-electron chi connectivity index (χ1n) is 10.2. The molecule has 0 aromatic heterocycles. The van der Waals surface area contributed by atoms with Crippen LogP contribution in [0.3, 0.4) is 0 Å². The van der Waals surface area contributed by atoms with Gasteiger partial charge in [-0.2, -0.15) is 0 Å². The maximum atomic E-state index is 12.6. The van der Waals surface area contributed by atoms with Crippen LogP contribution in [0.25, 0.3) is 11.1 Å². The number of nitrogens with one attached hydrogen (secondary N) is 1. The van der Waals surface area contributed by atoms with E-state index in [4.69, 9.17) is 5.11 Å². The van der Waals surface area contributed by atoms with E-state index in [0.717, 1.165) is 11.1 Å². The van der Waals surface area contributed by atoms with Gasteiger partial charge in [-0.25, -0.2) is 0 Å². The van der Waals surface area contributed by atoms with Crippen molar-refractivity contribution in [3.05, 3.63) is 60.2 Å². The van der Waals surface area contributed by atoms with Crippen LogP contribution in [0, 0.1) is 0 Å². The van der Waals surface area contributed by atoms with E-state index in [-0.39, 0.29) is 24.8 Å². The average Bonchev–Trinajstić information content (AvgIpc) is 2.75. The summed E-state index contributed by atoms with van der Waals surface area (Å²) in [5, 5.41) is 12.0. The molecule has 2 aromatic carbocycles. The Hall–Kier alpha value is -2.70. The molecule has 0 radical (unpaired) electrons. The van der Waals surface area contributed by atoms with E-state index in [1.165, 1.54) is 5.56 Å². The molecule has 1 saturated heterocycles. The van der Waals surface area contributed by atoms with Crippen LogP contribution in [-0.2, 0) is 16.1 Å². The molecule has 0 spiro atoms. The van der Waals surface area contributed by atoms with Crippen LogP contribution in [-0.4, -0.2) is 65.5 Å². The highest BCUT2D eigenvalue weighted by Gasteiger charge is 2.32. The molecule has 1 aliphatic heterocycles. The monoisotopic (exact) mass is 395 g/mol. The summed E-state index contributed by atoms with van der Waals surface area (Å²) < 4.78 is 0. The maximum Gasteiger partial charge on any atom is 0.237 e. The van der Waals surface area contributed by atoms with Crippen LogP contribution in [0.4, 0.5) is 0 Å². The first kappa shape index (κ1) is 21.0. The van der Waals surface area contributed by atoms with Gasteiger partial charge in [0.2, 0.25) is 11.8 Å². The third kappa shape index (κ3) is 5.43. The molecule has 1 aliphatic rings. The molecule has 1 fully saturated rings. The van der Waals surface area contributed by atoms with Crippen molar-refractivity contribution in [3.8, 4) is 11.1 Å². The Morgan fingerprint density at radius 2 is 1.83 bits per heavy atom. The molecule has 6 nitrogen and oxygen atoms in total. The van der Waals surface area contributed by atoms with Crippen molar-refractivity contribution in [1.82, 2.24) is 15.1 Å². The zero-order valence-corrected chi connectivity index (χ0v) is 16.9. The van der Waals surface area contributed by atoms with Crippen molar-refractivity contribution in [2.75, 3.05) is 32.8 Å². The predicted molar refractivity (Wildman–Crippen MR) is 113 cm³/mol. The number of carbonyl (C=O) groups excluding carboxylic acids is 2. The fourth-order valence-corrected chi connectivity index (χ4v) is 3.72. The normalized spacial score (nSPS) is 17.0. The number of benzene rings is 2. The highest BCUT2D eigenvalue weighted by atomic mass is 16.3. The van der Waals surface area contributed by atoms with Crippen LogP contribution >= 0.6 is 0 Å². The molecule has 0 saturated carbocycles. The van der Waals surface area contributed by atoms with Gasteiger partial charge in [0.15, 0.2) is 0 Å². The van der Waals surface area contributed by atoms with E-state index in [9.17, 15) is 9.59 Å². The van der Waals surface area contributed by atoms with Crippen molar-refractivity contribution in [1.29, 1.82) is 0 Å². The third-order valence-electron chi connectivity index (χ3n) is 5.36. The lowest BCUT2D eigenvalue weighted by molar-refractivity contribution is -0.139. The molecular weight excluding hydrogens is 366 g/mol. The number of hydrogen-bond donors (Lipinski definition) is 2. The quantitative estimate of drug-likeness (QED) is 0.716. The first-order chi connectivity index (χ1) is 14.1.